The molecule has 0 atom stereocenters. The summed E-state index contributed by atoms with van der Waals surface area (Å²) in [4.78, 5) is 28.8. The Kier molecular flexibility index (Phi) is 6.98. The zero-order chi connectivity index (χ0) is 23.9. The molecule has 2 heterocycles. The summed E-state index contributed by atoms with van der Waals surface area (Å²) in [6, 6.07) is 19.7. The molecule has 0 bridgehead atoms. The Balaban J connectivity index is 1.42. The highest BCUT2D eigenvalue weighted by Crippen LogP contribution is 2.22. The number of ether oxygens (including phenoxy) is 2. The minimum atomic E-state index is -0.489. The zero-order valence-electron chi connectivity index (χ0n) is 18.9. The SMILES string of the molecule is CCOC(=O)c1cnc(-n2cc(C(=O)NCc3ccc(-c4ccccc4)cc3)cn2)c(OC)c1. The van der Waals surface area contributed by atoms with Gasteiger partial charge in [0.25, 0.3) is 5.91 Å². The number of benzene rings is 2. The van der Waals surface area contributed by atoms with E-state index in [1.54, 1.807) is 13.1 Å². The van der Waals surface area contributed by atoms with Crippen LogP contribution in [0.5, 0.6) is 5.75 Å². The van der Waals surface area contributed by atoms with Crippen molar-refractivity contribution in [3.8, 4) is 22.7 Å². The molecule has 0 radical (unpaired) electrons. The van der Waals surface area contributed by atoms with Gasteiger partial charge >= 0.3 is 5.97 Å². The fourth-order valence-electron chi connectivity index (χ4n) is 3.37. The molecular formula is C26H24N4O4. The van der Waals surface area contributed by atoms with E-state index < -0.39 is 5.97 Å². The lowest BCUT2D eigenvalue weighted by Gasteiger charge is -2.09. The minimum absolute atomic E-state index is 0.262. The highest BCUT2D eigenvalue weighted by atomic mass is 16.5. The number of nitrogens with one attached hydrogen (secondary N) is 1. The van der Waals surface area contributed by atoms with E-state index in [2.05, 4.69) is 27.5 Å². The summed E-state index contributed by atoms with van der Waals surface area (Å²) in [5.74, 6) is -0.0668. The van der Waals surface area contributed by atoms with E-state index in [4.69, 9.17) is 9.47 Å². The molecule has 1 N–H and O–H groups in total. The topological polar surface area (TPSA) is 95.3 Å². The third-order valence-corrected chi connectivity index (χ3v) is 5.14. The molecule has 4 aromatic rings. The van der Waals surface area contributed by atoms with Crippen LogP contribution in [0.15, 0.2) is 79.3 Å². The maximum absolute atomic E-state index is 12.6. The standard InChI is InChI=1S/C26H24N4O4/c1-3-34-26(32)21-13-23(33-2)24(27-15-21)30-17-22(16-29-30)25(31)28-14-18-9-11-20(12-10-18)19-7-5-4-6-8-19/h4-13,15-17H,3,14H2,1-2H3,(H,28,31). The summed E-state index contributed by atoms with van der Waals surface area (Å²) in [6.45, 7) is 2.37. The second kappa shape index (κ2) is 10.4. The van der Waals surface area contributed by atoms with Gasteiger partial charge in [-0.3, -0.25) is 4.79 Å². The molecule has 0 fully saturated rings. The van der Waals surface area contributed by atoms with Crippen molar-refractivity contribution >= 4 is 11.9 Å². The van der Waals surface area contributed by atoms with Crippen molar-refractivity contribution in [3.63, 3.8) is 0 Å². The first-order valence-electron chi connectivity index (χ1n) is 10.8. The summed E-state index contributed by atoms with van der Waals surface area (Å²) < 4.78 is 11.8. The zero-order valence-corrected chi connectivity index (χ0v) is 18.9. The Morgan fingerprint density at radius 2 is 1.71 bits per heavy atom. The molecule has 0 aliphatic rings. The quantitative estimate of drug-likeness (QED) is 0.402. The molecule has 0 unspecified atom stereocenters. The minimum Gasteiger partial charge on any atom is -0.493 e. The third kappa shape index (κ3) is 5.12. The van der Waals surface area contributed by atoms with Crippen LogP contribution < -0.4 is 10.1 Å². The van der Waals surface area contributed by atoms with E-state index in [0.717, 1.165) is 16.7 Å². The molecule has 4 rings (SSSR count). The predicted octanol–water partition coefficient (Wildman–Crippen LogP) is 4.05. The van der Waals surface area contributed by atoms with Gasteiger partial charge in [-0.05, 0) is 23.6 Å². The normalized spacial score (nSPS) is 10.5. The first-order chi connectivity index (χ1) is 16.6. The summed E-state index contributed by atoms with van der Waals surface area (Å²) in [5.41, 5.74) is 3.89. The van der Waals surface area contributed by atoms with Crippen LogP contribution in [0.4, 0.5) is 0 Å². The van der Waals surface area contributed by atoms with Crippen molar-refractivity contribution in [2.45, 2.75) is 13.5 Å². The first kappa shape index (κ1) is 22.7. The van der Waals surface area contributed by atoms with Gasteiger partial charge in [-0.25, -0.2) is 14.5 Å². The molecule has 34 heavy (non-hydrogen) atoms. The lowest BCUT2D eigenvalue weighted by atomic mass is 10.0. The molecule has 172 valence electrons. The number of nitrogens with zero attached hydrogens (tertiary/aromatic N) is 3. The lowest BCUT2D eigenvalue weighted by molar-refractivity contribution is 0.0525. The molecule has 2 aromatic heterocycles. The maximum atomic E-state index is 12.6. The third-order valence-electron chi connectivity index (χ3n) is 5.14. The summed E-state index contributed by atoms with van der Waals surface area (Å²) in [6.07, 6.45) is 4.40. The number of aromatic nitrogens is 3. The highest BCUT2D eigenvalue weighted by Gasteiger charge is 2.16. The van der Waals surface area contributed by atoms with Gasteiger partial charge in [0.1, 0.15) is 0 Å². The fraction of sp³-hybridized carbons (Fsp3) is 0.154. The summed E-state index contributed by atoms with van der Waals surface area (Å²) >= 11 is 0. The fourth-order valence-corrected chi connectivity index (χ4v) is 3.37. The Bertz CT molecular complexity index is 1280. The van der Waals surface area contributed by atoms with Crippen molar-refractivity contribution in [2.75, 3.05) is 13.7 Å². The molecule has 0 saturated carbocycles. The molecule has 1 amide bonds. The van der Waals surface area contributed by atoms with Crippen molar-refractivity contribution < 1.29 is 19.1 Å². The van der Waals surface area contributed by atoms with Gasteiger partial charge in [0, 0.05) is 25.0 Å². The maximum Gasteiger partial charge on any atom is 0.339 e. The molecule has 0 spiro atoms. The Morgan fingerprint density at radius 3 is 2.41 bits per heavy atom. The lowest BCUT2D eigenvalue weighted by Crippen LogP contribution is -2.22. The van der Waals surface area contributed by atoms with E-state index in [9.17, 15) is 9.59 Å². The number of rotatable bonds is 8. The van der Waals surface area contributed by atoms with Crippen LogP contribution in [0.1, 0.15) is 33.2 Å². The van der Waals surface area contributed by atoms with Crippen molar-refractivity contribution in [1.82, 2.24) is 20.1 Å². The van der Waals surface area contributed by atoms with E-state index >= 15 is 0 Å². The van der Waals surface area contributed by atoms with E-state index in [1.165, 1.54) is 30.3 Å². The summed E-state index contributed by atoms with van der Waals surface area (Å²) in [7, 11) is 1.47. The van der Waals surface area contributed by atoms with Crippen LogP contribution >= 0.6 is 0 Å². The van der Waals surface area contributed by atoms with Crippen LogP contribution in [0, 0.1) is 0 Å². The first-order valence-corrected chi connectivity index (χ1v) is 10.8. The number of hydrogen-bond acceptors (Lipinski definition) is 6. The van der Waals surface area contributed by atoms with Crippen LogP contribution in [0.25, 0.3) is 16.9 Å². The number of hydrogen-bond donors (Lipinski definition) is 1. The van der Waals surface area contributed by atoms with Gasteiger partial charge in [-0.1, -0.05) is 54.6 Å². The van der Waals surface area contributed by atoms with Crippen molar-refractivity contribution in [2.24, 2.45) is 0 Å². The van der Waals surface area contributed by atoms with Crippen LogP contribution in [-0.2, 0) is 11.3 Å². The van der Waals surface area contributed by atoms with Crippen LogP contribution in [0.3, 0.4) is 0 Å². The number of carbonyl (C=O) groups is 2. The van der Waals surface area contributed by atoms with E-state index in [1.807, 2.05) is 42.5 Å². The van der Waals surface area contributed by atoms with Crippen molar-refractivity contribution in [3.05, 3.63) is 95.9 Å². The van der Waals surface area contributed by atoms with E-state index in [0.29, 0.717) is 23.7 Å². The molecule has 8 heteroatoms. The molecule has 0 saturated heterocycles. The Hall–Kier alpha value is -4.46. The second-order valence-corrected chi connectivity index (χ2v) is 7.39. The number of amides is 1. The number of pyridine rings is 1. The molecule has 2 aromatic carbocycles. The molecule has 0 aliphatic heterocycles. The monoisotopic (exact) mass is 456 g/mol. The molecular weight excluding hydrogens is 432 g/mol. The van der Waals surface area contributed by atoms with E-state index in [-0.39, 0.29) is 18.1 Å². The van der Waals surface area contributed by atoms with Gasteiger partial charge < -0.3 is 14.8 Å². The van der Waals surface area contributed by atoms with Gasteiger partial charge in [-0.2, -0.15) is 5.10 Å². The number of carbonyl (C=O) groups excluding carboxylic acids is 2. The molecule has 0 aliphatic carbocycles. The van der Waals surface area contributed by atoms with Gasteiger partial charge in [0.15, 0.2) is 11.6 Å². The highest BCUT2D eigenvalue weighted by molar-refractivity contribution is 5.93. The van der Waals surface area contributed by atoms with Crippen LogP contribution in [-0.4, -0.2) is 40.4 Å². The van der Waals surface area contributed by atoms with Gasteiger partial charge in [-0.15, -0.1) is 0 Å². The van der Waals surface area contributed by atoms with Crippen molar-refractivity contribution in [1.29, 1.82) is 0 Å². The average Bonchev–Trinajstić information content (AvgIpc) is 3.38. The van der Waals surface area contributed by atoms with Crippen LogP contribution in [0.2, 0.25) is 0 Å². The summed E-state index contributed by atoms with van der Waals surface area (Å²) in [5, 5.41) is 7.13. The average molecular weight is 457 g/mol. The number of methoxy groups -OCH3 is 1. The van der Waals surface area contributed by atoms with Gasteiger partial charge in [0.05, 0.1) is 31.0 Å². The second-order valence-electron chi connectivity index (χ2n) is 7.39. The van der Waals surface area contributed by atoms with Gasteiger partial charge in [0.2, 0.25) is 0 Å². The Labute approximate surface area is 197 Å². The predicted molar refractivity (Wildman–Crippen MR) is 127 cm³/mol. The Morgan fingerprint density at radius 1 is 0.971 bits per heavy atom. The number of esters is 1. The smallest absolute Gasteiger partial charge is 0.339 e. The molecule has 8 nitrogen and oxygen atoms in total. The largest absolute Gasteiger partial charge is 0.493 e.